The molecule has 4 rings (SSSR count). The summed E-state index contributed by atoms with van der Waals surface area (Å²) in [7, 11) is 5.78. The summed E-state index contributed by atoms with van der Waals surface area (Å²) in [5.41, 5.74) is 2.44. The first-order valence-corrected chi connectivity index (χ1v) is 10.7. The molecule has 1 saturated heterocycles. The Morgan fingerprint density at radius 1 is 1.03 bits per heavy atom. The molecule has 2 amide bonds. The van der Waals surface area contributed by atoms with E-state index in [0.717, 1.165) is 19.4 Å². The van der Waals surface area contributed by atoms with Gasteiger partial charge in [0.15, 0.2) is 5.96 Å². The molecule has 2 fully saturated rings. The highest BCUT2D eigenvalue weighted by Crippen LogP contribution is 2.52. The Labute approximate surface area is 201 Å². The molecule has 2 bridgehead atoms. The van der Waals surface area contributed by atoms with Crippen LogP contribution in [-0.2, 0) is 16.0 Å². The van der Waals surface area contributed by atoms with E-state index in [4.69, 9.17) is 0 Å². The van der Waals surface area contributed by atoms with Crippen molar-refractivity contribution in [3.63, 3.8) is 0 Å². The number of carbonyl (C=O) groups is 2. The fourth-order valence-electron chi connectivity index (χ4n) is 4.98. The Morgan fingerprint density at radius 2 is 1.61 bits per heavy atom. The predicted octanol–water partition coefficient (Wildman–Crippen LogP) is 1.89. The first-order valence-electron chi connectivity index (χ1n) is 10.7. The van der Waals surface area contributed by atoms with E-state index in [1.165, 1.54) is 16.2 Å². The highest BCUT2D eigenvalue weighted by Gasteiger charge is 2.58. The van der Waals surface area contributed by atoms with Crippen LogP contribution in [0, 0.1) is 23.7 Å². The molecule has 168 valence electrons. The minimum atomic E-state index is -0.121. The van der Waals surface area contributed by atoms with E-state index in [1.807, 2.05) is 14.1 Å². The number of hydrogen-bond donors (Lipinski definition) is 2. The van der Waals surface area contributed by atoms with E-state index in [9.17, 15) is 9.59 Å². The lowest BCUT2D eigenvalue weighted by Gasteiger charge is -2.18. The third kappa shape index (κ3) is 4.73. The number of fused-ring (bicyclic) bond motifs is 5. The summed E-state index contributed by atoms with van der Waals surface area (Å²) in [6, 6.07) is 8.50. The van der Waals surface area contributed by atoms with Crippen LogP contribution >= 0.6 is 24.0 Å². The quantitative estimate of drug-likeness (QED) is 0.183. The molecule has 1 heterocycles. The molecule has 2 N–H and O–H groups in total. The van der Waals surface area contributed by atoms with Gasteiger partial charge in [-0.3, -0.25) is 19.5 Å². The standard InChI is InChI=1S/C23H31N5O2.HI/c1-24-23(25-11-10-15-4-8-18(9-5-15)27(2)3)26-12-13-28-21(29)19-16-6-7-17(14-16)20(19)22(28)30;/h4-9,16-17,19-20H,10-14H2,1-3H3,(H2,24,25,26);1H. The van der Waals surface area contributed by atoms with E-state index < -0.39 is 0 Å². The van der Waals surface area contributed by atoms with Crippen LogP contribution in [0.1, 0.15) is 12.0 Å². The monoisotopic (exact) mass is 537 g/mol. The van der Waals surface area contributed by atoms with Gasteiger partial charge in [-0.1, -0.05) is 24.3 Å². The largest absolute Gasteiger partial charge is 0.378 e. The lowest BCUT2D eigenvalue weighted by atomic mass is 9.85. The number of hydrogen-bond acceptors (Lipinski definition) is 4. The average molecular weight is 537 g/mol. The van der Waals surface area contributed by atoms with Crippen LogP contribution in [0.2, 0.25) is 0 Å². The van der Waals surface area contributed by atoms with E-state index in [0.29, 0.717) is 19.0 Å². The lowest BCUT2D eigenvalue weighted by Crippen LogP contribution is -2.44. The average Bonchev–Trinajstić information content (AvgIpc) is 3.42. The number of anilines is 1. The minimum absolute atomic E-state index is 0. The molecule has 1 aromatic carbocycles. The third-order valence-electron chi connectivity index (χ3n) is 6.57. The number of nitrogens with one attached hydrogen (secondary N) is 2. The van der Waals surface area contributed by atoms with Crippen molar-refractivity contribution in [1.29, 1.82) is 0 Å². The minimum Gasteiger partial charge on any atom is -0.378 e. The Bertz CT molecular complexity index is 837. The normalized spacial score (nSPS) is 26.2. The second-order valence-electron chi connectivity index (χ2n) is 8.56. The maximum Gasteiger partial charge on any atom is 0.233 e. The van der Waals surface area contributed by atoms with Gasteiger partial charge in [0.05, 0.1) is 11.8 Å². The predicted molar refractivity (Wildman–Crippen MR) is 134 cm³/mol. The van der Waals surface area contributed by atoms with Gasteiger partial charge in [-0.2, -0.15) is 0 Å². The second-order valence-corrected chi connectivity index (χ2v) is 8.56. The van der Waals surface area contributed by atoms with Gasteiger partial charge in [0.1, 0.15) is 0 Å². The summed E-state index contributed by atoms with van der Waals surface area (Å²) in [4.78, 5) is 33.2. The molecular formula is C23H32IN5O2. The maximum absolute atomic E-state index is 12.7. The Kier molecular flexibility index (Phi) is 7.61. The topological polar surface area (TPSA) is 77.0 Å². The first-order chi connectivity index (χ1) is 14.5. The van der Waals surface area contributed by atoms with Gasteiger partial charge in [0.2, 0.25) is 11.8 Å². The van der Waals surface area contributed by atoms with Crippen molar-refractivity contribution >= 4 is 47.4 Å². The highest BCUT2D eigenvalue weighted by atomic mass is 127. The first kappa shape index (κ1) is 23.6. The molecule has 0 radical (unpaired) electrons. The second kappa shape index (κ2) is 10.0. The molecule has 8 heteroatoms. The third-order valence-corrected chi connectivity index (χ3v) is 6.57. The maximum atomic E-state index is 12.7. The molecule has 31 heavy (non-hydrogen) atoms. The fraction of sp³-hybridized carbons (Fsp3) is 0.522. The summed E-state index contributed by atoms with van der Waals surface area (Å²) in [5, 5.41) is 6.52. The van der Waals surface area contributed by atoms with Gasteiger partial charge in [0, 0.05) is 46.5 Å². The van der Waals surface area contributed by atoms with Gasteiger partial charge >= 0.3 is 0 Å². The number of imide groups is 1. The molecule has 2 aliphatic carbocycles. The van der Waals surface area contributed by atoms with Crippen LogP contribution in [0.4, 0.5) is 5.69 Å². The molecule has 0 spiro atoms. The van der Waals surface area contributed by atoms with Gasteiger partial charge in [-0.15, -0.1) is 24.0 Å². The number of aliphatic imine (C=N–C) groups is 1. The summed E-state index contributed by atoms with van der Waals surface area (Å²) in [6.45, 7) is 1.63. The molecule has 4 atom stereocenters. The molecule has 3 aliphatic rings. The van der Waals surface area contributed by atoms with E-state index in [-0.39, 0.29) is 59.5 Å². The van der Waals surface area contributed by atoms with Crippen LogP contribution in [0.5, 0.6) is 0 Å². The molecule has 1 aromatic rings. The number of amides is 2. The zero-order chi connectivity index (χ0) is 21.3. The summed E-state index contributed by atoms with van der Waals surface area (Å²) in [6.07, 6.45) is 6.10. The number of halogens is 1. The van der Waals surface area contributed by atoms with Crippen molar-refractivity contribution in [3.8, 4) is 0 Å². The van der Waals surface area contributed by atoms with Crippen LogP contribution < -0.4 is 15.5 Å². The van der Waals surface area contributed by atoms with E-state index in [1.54, 1.807) is 7.05 Å². The van der Waals surface area contributed by atoms with Crippen molar-refractivity contribution in [1.82, 2.24) is 15.5 Å². The van der Waals surface area contributed by atoms with Crippen molar-refractivity contribution < 1.29 is 9.59 Å². The van der Waals surface area contributed by atoms with Crippen molar-refractivity contribution in [3.05, 3.63) is 42.0 Å². The number of allylic oxidation sites excluding steroid dienone is 2. The highest BCUT2D eigenvalue weighted by molar-refractivity contribution is 14.0. The van der Waals surface area contributed by atoms with Crippen LogP contribution in [-0.4, -0.2) is 63.5 Å². The number of benzene rings is 1. The van der Waals surface area contributed by atoms with Gasteiger partial charge < -0.3 is 15.5 Å². The van der Waals surface area contributed by atoms with E-state index >= 15 is 0 Å². The van der Waals surface area contributed by atoms with Crippen molar-refractivity contribution in [2.75, 3.05) is 45.7 Å². The Balaban J connectivity index is 0.00000272. The van der Waals surface area contributed by atoms with Gasteiger partial charge in [-0.25, -0.2) is 0 Å². The molecular weight excluding hydrogens is 505 g/mol. The van der Waals surface area contributed by atoms with Crippen LogP contribution in [0.25, 0.3) is 0 Å². The Morgan fingerprint density at radius 3 is 2.16 bits per heavy atom. The molecule has 7 nitrogen and oxygen atoms in total. The van der Waals surface area contributed by atoms with Crippen molar-refractivity contribution in [2.45, 2.75) is 12.8 Å². The number of rotatable bonds is 7. The molecule has 0 aromatic heterocycles. The summed E-state index contributed by atoms with van der Waals surface area (Å²) < 4.78 is 0. The zero-order valence-corrected chi connectivity index (χ0v) is 20.7. The number of nitrogens with zero attached hydrogens (tertiary/aromatic N) is 3. The van der Waals surface area contributed by atoms with Crippen LogP contribution in [0.3, 0.4) is 0 Å². The van der Waals surface area contributed by atoms with Gasteiger partial charge in [0.25, 0.3) is 0 Å². The number of likely N-dealkylation sites (tertiary alicyclic amines) is 1. The summed E-state index contributed by atoms with van der Waals surface area (Å²) >= 11 is 0. The molecule has 1 saturated carbocycles. The smallest absolute Gasteiger partial charge is 0.233 e. The van der Waals surface area contributed by atoms with Crippen LogP contribution in [0.15, 0.2) is 41.4 Å². The van der Waals surface area contributed by atoms with Gasteiger partial charge in [-0.05, 0) is 42.4 Å². The zero-order valence-electron chi connectivity index (χ0n) is 18.4. The number of carbonyl (C=O) groups excluding carboxylic acids is 2. The number of guanidine groups is 1. The SMILES string of the molecule is CN=C(NCCc1ccc(N(C)C)cc1)NCCN1C(=O)C2C3C=CC(C3)C2C1=O.I. The molecule has 4 unspecified atom stereocenters. The lowest BCUT2D eigenvalue weighted by molar-refractivity contribution is -0.140. The van der Waals surface area contributed by atoms with Crippen molar-refractivity contribution in [2.24, 2.45) is 28.7 Å². The fourth-order valence-corrected chi connectivity index (χ4v) is 4.98. The molecule has 1 aliphatic heterocycles. The Hall–Kier alpha value is -2.10. The van der Waals surface area contributed by atoms with E-state index in [2.05, 4.69) is 56.9 Å². The summed E-state index contributed by atoms with van der Waals surface area (Å²) in [5.74, 6) is 0.973.